The Bertz CT molecular complexity index is 848. The molecule has 116 valence electrons. The third-order valence-corrected chi connectivity index (χ3v) is 6.29. The molecule has 5 nitrogen and oxygen atoms in total. The highest BCUT2D eigenvalue weighted by atomic mass is 32.2. The molecule has 0 unspecified atom stereocenters. The quantitative estimate of drug-likeness (QED) is 0.677. The average Bonchev–Trinajstić information content (AvgIpc) is 3.17. The van der Waals surface area contributed by atoms with Gasteiger partial charge in [0.2, 0.25) is 5.89 Å². The highest BCUT2D eigenvalue weighted by Gasteiger charge is 2.18. The molecule has 0 spiro atoms. The molecule has 0 radical (unpaired) electrons. The van der Waals surface area contributed by atoms with E-state index < -0.39 is 9.84 Å². The molecule has 3 rings (SSSR count). The molecule has 0 bridgehead atoms. The van der Waals surface area contributed by atoms with Crippen LogP contribution in [0.15, 0.2) is 33.6 Å². The zero-order valence-corrected chi connectivity index (χ0v) is 14.3. The minimum Gasteiger partial charge on any atom is -0.444 e. The van der Waals surface area contributed by atoms with Gasteiger partial charge in [-0.15, -0.1) is 22.7 Å². The molecule has 0 amide bonds. The van der Waals surface area contributed by atoms with Gasteiger partial charge in [-0.2, -0.15) is 0 Å². The van der Waals surface area contributed by atoms with Crippen molar-refractivity contribution in [1.82, 2.24) is 9.97 Å². The van der Waals surface area contributed by atoms with Gasteiger partial charge in [-0.25, -0.2) is 18.4 Å². The van der Waals surface area contributed by atoms with Crippen molar-refractivity contribution in [2.75, 3.05) is 0 Å². The monoisotopic (exact) mass is 354 g/mol. The Morgan fingerprint density at radius 1 is 1.18 bits per heavy atom. The van der Waals surface area contributed by atoms with Crippen LogP contribution in [-0.4, -0.2) is 18.4 Å². The number of aryl methyl sites for hydroxylation is 1. The molecule has 3 aromatic rings. The van der Waals surface area contributed by atoms with Crippen molar-refractivity contribution in [3.63, 3.8) is 0 Å². The minimum atomic E-state index is -3.31. The molecule has 0 saturated heterocycles. The Hall–Kier alpha value is -1.51. The van der Waals surface area contributed by atoms with E-state index in [1.165, 1.54) is 28.9 Å². The third kappa shape index (κ3) is 3.63. The Labute approximate surface area is 136 Å². The zero-order valence-electron chi connectivity index (χ0n) is 11.9. The Kier molecular flexibility index (Phi) is 4.42. The van der Waals surface area contributed by atoms with Crippen molar-refractivity contribution in [3.05, 3.63) is 45.6 Å². The first-order valence-electron chi connectivity index (χ1n) is 6.68. The highest BCUT2D eigenvalue weighted by molar-refractivity contribution is 7.89. The number of nitrogens with zero attached hydrogens (tertiary/aromatic N) is 2. The van der Waals surface area contributed by atoms with Gasteiger partial charge in [0.25, 0.3) is 0 Å². The lowest BCUT2D eigenvalue weighted by Crippen LogP contribution is -2.08. The first-order chi connectivity index (χ1) is 10.6. The molecule has 0 aliphatic heterocycles. The summed E-state index contributed by atoms with van der Waals surface area (Å²) in [6.45, 7) is 2.00. The fourth-order valence-electron chi connectivity index (χ4n) is 1.97. The number of hydrogen-bond donors (Lipinski definition) is 0. The van der Waals surface area contributed by atoms with Crippen LogP contribution in [0.25, 0.3) is 10.8 Å². The summed E-state index contributed by atoms with van der Waals surface area (Å²) >= 11 is 2.99. The Morgan fingerprint density at radius 3 is 2.68 bits per heavy atom. The van der Waals surface area contributed by atoms with E-state index in [4.69, 9.17) is 4.42 Å². The predicted molar refractivity (Wildman–Crippen MR) is 87.6 cm³/mol. The van der Waals surface area contributed by atoms with E-state index in [9.17, 15) is 8.42 Å². The first kappa shape index (κ1) is 15.4. The van der Waals surface area contributed by atoms with Crippen molar-refractivity contribution in [3.8, 4) is 10.8 Å². The summed E-state index contributed by atoms with van der Waals surface area (Å²) in [7, 11) is -3.31. The normalized spacial score (nSPS) is 11.9. The van der Waals surface area contributed by atoms with Crippen LogP contribution < -0.4 is 0 Å². The maximum Gasteiger partial charge on any atom is 0.236 e. The smallest absolute Gasteiger partial charge is 0.236 e. The summed E-state index contributed by atoms with van der Waals surface area (Å²) in [4.78, 5) is 9.43. The second-order valence-corrected chi connectivity index (χ2v) is 8.69. The fourth-order valence-corrected chi connectivity index (χ4v) is 4.76. The van der Waals surface area contributed by atoms with Crippen molar-refractivity contribution in [1.29, 1.82) is 0 Å². The van der Waals surface area contributed by atoms with Crippen LogP contribution in [-0.2, 0) is 27.8 Å². The molecular formula is C14H14N2O3S3. The molecule has 0 fully saturated rings. The number of sulfone groups is 1. The second-order valence-electron chi connectivity index (χ2n) is 4.74. The van der Waals surface area contributed by atoms with Gasteiger partial charge in [-0.1, -0.05) is 13.0 Å². The van der Waals surface area contributed by atoms with Gasteiger partial charge in [0.05, 0.1) is 32.8 Å². The van der Waals surface area contributed by atoms with E-state index in [1.807, 2.05) is 24.4 Å². The van der Waals surface area contributed by atoms with E-state index in [1.54, 1.807) is 5.38 Å². The second kappa shape index (κ2) is 6.31. The summed E-state index contributed by atoms with van der Waals surface area (Å²) in [5, 5.41) is 4.67. The molecule has 3 heterocycles. The van der Waals surface area contributed by atoms with Crippen molar-refractivity contribution in [2.45, 2.75) is 24.9 Å². The number of rotatable bonds is 6. The number of oxazole rings is 1. The van der Waals surface area contributed by atoms with Crippen molar-refractivity contribution in [2.24, 2.45) is 0 Å². The lowest BCUT2D eigenvalue weighted by atomic mass is 10.5. The van der Waals surface area contributed by atoms with E-state index in [0.29, 0.717) is 17.3 Å². The molecule has 0 aromatic carbocycles. The first-order valence-corrected chi connectivity index (χ1v) is 10.3. The Morgan fingerprint density at radius 2 is 2.00 bits per heavy atom. The van der Waals surface area contributed by atoms with Crippen molar-refractivity contribution >= 4 is 32.5 Å². The topological polar surface area (TPSA) is 73.1 Å². The van der Waals surface area contributed by atoms with Crippen LogP contribution in [0.4, 0.5) is 0 Å². The standard InChI is InChI=1S/C14H14N2O3S3/c1-2-13-15-11(7-21-13)9-22(17,18)8-10-6-19-14(16-10)12-4-3-5-20-12/h3-7H,2,8-9H2,1H3. The van der Waals surface area contributed by atoms with Gasteiger partial charge in [0.15, 0.2) is 9.84 Å². The minimum absolute atomic E-state index is 0.0648. The number of thiophene rings is 1. The van der Waals surface area contributed by atoms with E-state index in [2.05, 4.69) is 9.97 Å². The van der Waals surface area contributed by atoms with Crippen LogP contribution in [0.1, 0.15) is 23.3 Å². The summed E-state index contributed by atoms with van der Waals surface area (Å²) in [6.07, 6.45) is 2.23. The van der Waals surface area contributed by atoms with Crippen LogP contribution in [0.3, 0.4) is 0 Å². The van der Waals surface area contributed by atoms with E-state index >= 15 is 0 Å². The van der Waals surface area contributed by atoms with Crippen LogP contribution in [0.2, 0.25) is 0 Å². The van der Waals surface area contributed by atoms with Gasteiger partial charge < -0.3 is 4.42 Å². The maximum absolute atomic E-state index is 12.2. The number of aromatic nitrogens is 2. The molecule has 8 heteroatoms. The molecule has 0 aliphatic rings. The van der Waals surface area contributed by atoms with Gasteiger partial charge in [0, 0.05) is 5.38 Å². The van der Waals surface area contributed by atoms with Crippen LogP contribution in [0.5, 0.6) is 0 Å². The summed E-state index contributed by atoms with van der Waals surface area (Å²) < 4.78 is 29.8. The maximum atomic E-state index is 12.2. The van der Waals surface area contributed by atoms with Gasteiger partial charge in [0.1, 0.15) is 6.26 Å². The van der Waals surface area contributed by atoms with E-state index in [0.717, 1.165) is 16.3 Å². The third-order valence-electron chi connectivity index (χ3n) is 2.92. The van der Waals surface area contributed by atoms with Gasteiger partial charge in [-0.3, -0.25) is 0 Å². The fraction of sp³-hybridized carbons (Fsp3) is 0.286. The summed E-state index contributed by atoms with van der Waals surface area (Å²) in [6, 6.07) is 3.78. The number of hydrogen-bond acceptors (Lipinski definition) is 7. The van der Waals surface area contributed by atoms with Crippen molar-refractivity contribution < 1.29 is 12.8 Å². The lowest BCUT2D eigenvalue weighted by Gasteiger charge is -1.99. The van der Waals surface area contributed by atoms with E-state index in [-0.39, 0.29) is 11.5 Å². The average molecular weight is 354 g/mol. The molecule has 3 aromatic heterocycles. The van der Waals surface area contributed by atoms with Gasteiger partial charge >= 0.3 is 0 Å². The molecule has 0 atom stereocenters. The molecule has 0 N–H and O–H groups in total. The number of thiazole rings is 1. The summed E-state index contributed by atoms with van der Waals surface area (Å²) in [5.74, 6) is 0.257. The predicted octanol–water partition coefficient (Wildman–Crippen LogP) is 3.54. The summed E-state index contributed by atoms with van der Waals surface area (Å²) in [5.41, 5.74) is 1.03. The molecule has 0 saturated carbocycles. The molecular weight excluding hydrogens is 340 g/mol. The molecule has 0 aliphatic carbocycles. The SMILES string of the molecule is CCc1nc(CS(=O)(=O)Cc2coc(-c3cccs3)n2)cs1. The Balaban J connectivity index is 1.71. The largest absolute Gasteiger partial charge is 0.444 e. The van der Waals surface area contributed by atoms with Crippen LogP contribution >= 0.6 is 22.7 Å². The lowest BCUT2D eigenvalue weighted by molar-refractivity contribution is 0.573. The van der Waals surface area contributed by atoms with Crippen LogP contribution in [0, 0.1) is 0 Å². The highest BCUT2D eigenvalue weighted by Crippen LogP contribution is 2.24. The molecule has 22 heavy (non-hydrogen) atoms. The zero-order chi connectivity index (χ0) is 15.6. The van der Waals surface area contributed by atoms with Gasteiger partial charge in [-0.05, 0) is 17.9 Å².